The van der Waals surface area contributed by atoms with Gasteiger partial charge in [-0.2, -0.15) is 0 Å². The summed E-state index contributed by atoms with van der Waals surface area (Å²) in [5, 5.41) is 0. The number of hydrogen-bond acceptors (Lipinski definition) is 2. The van der Waals surface area contributed by atoms with E-state index >= 15 is 0 Å². The van der Waals surface area contributed by atoms with Crippen molar-refractivity contribution in [2.24, 2.45) is 17.8 Å². The van der Waals surface area contributed by atoms with E-state index in [9.17, 15) is 4.39 Å². The Hall–Kier alpha value is -0.930. The molecule has 1 saturated heterocycles. The molecule has 1 aliphatic carbocycles. The number of benzene rings is 1. The van der Waals surface area contributed by atoms with Crippen LogP contribution in [0.25, 0.3) is 0 Å². The molecule has 0 aromatic heterocycles. The van der Waals surface area contributed by atoms with Crippen molar-refractivity contribution in [2.45, 2.75) is 45.8 Å². The van der Waals surface area contributed by atoms with Crippen LogP contribution in [0.5, 0.6) is 0 Å². The zero-order chi connectivity index (χ0) is 14.8. The van der Waals surface area contributed by atoms with Gasteiger partial charge in [0, 0.05) is 11.5 Å². The summed E-state index contributed by atoms with van der Waals surface area (Å²) in [5.41, 5.74) is 1.44. The molecule has 0 N–H and O–H groups in total. The van der Waals surface area contributed by atoms with E-state index in [2.05, 4.69) is 6.92 Å². The molecule has 1 heterocycles. The monoisotopic (exact) mass is 292 g/mol. The molecule has 0 bridgehead atoms. The van der Waals surface area contributed by atoms with E-state index in [1.165, 1.54) is 31.7 Å². The van der Waals surface area contributed by atoms with E-state index in [4.69, 9.17) is 9.47 Å². The number of halogens is 1. The second kappa shape index (κ2) is 6.45. The molecule has 3 rings (SSSR count). The highest BCUT2D eigenvalue weighted by Gasteiger charge is 2.31. The first kappa shape index (κ1) is 15.0. The van der Waals surface area contributed by atoms with E-state index in [1.54, 1.807) is 13.0 Å². The van der Waals surface area contributed by atoms with Gasteiger partial charge in [-0.1, -0.05) is 31.9 Å². The first-order chi connectivity index (χ1) is 10.1. The minimum atomic E-state index is -0.404. The molecule has 0 amide bonds. The van der Waals surface area contributed by atoms with Crippen molar-refractivity contribution in [3.8, 4) is 0 Å². The van der Waals surface area contributed by atoms with Gasteiger partial charge in [-0.3, -0.25) is 0 Å². The fourth-order valence-corrected chi connectivity index (χ4v) is 3.50. The molecule has 2 fully saturated rings. The largest absolute Gasteiger partial charge is 0.348 e. The van der Waals surface area contributed by atoms with Crippen LogP contribution in [0.4, 0.5) is 4.39 Å². The lowest BCUT2D eigenvalue weighted by molar-refractivity contribution is -0.214. The van der Waals surface area contributed by atoms with Gasteiger partial charge in [-0.15, -0.1) is 0 Å². The second-order valence-electron chi connectivity index (χ2n) is 6.79. The normalized spacial score (nSPS) is 33.9. The SMILES string of the molecule is Cc1ccc(C2OCC(C3CCC(C)CC3)CO2)cc1F. The van der Waals surface area contributed by atoms with Crippen LogP contribution >= 0.6 is 0 Å². The van der Waals surface area contributed by atoms with Crippen LogP contribution in [-0.4, -0.2) is 13.2 Å². The number of aryl methyl sites for hydroxylation is 1. The smallest absolute Gasteiger partial charge is 0.183 e. The van der Waals surface area contributed by atoms with Crippen LogP contribution in [0.3, 0.4) is 0 Å². The number of ether oxygens (including phenoxy) is 2. The second-order valence-corrected chi connectivity index (χ2v) is 6.79. The fraction of sp³-hybridized carbons (Fsp3) is 0.667. The lowest BCUT2D eigenvalue weighted by Gasteiger charge is -2.37. The molecule has 0 radical (unpaired) electrons. The van der Waals surface area contributed by atoms with Gasteiger partial charge in [-0.25, -0.2) is 4.39 Å². The molecule has 3 heteroatoms. The van der Waals surface area contributed by atoms with Crippen molar-refractivity contribution in [1.82, 2.24) is 0 Å². The minimum absolute atomic E-state index is 0.192. The molecule has 116 valence electrons. The third-order valence-electron chi connectivity index (χ3n) is 5.12. The van der Waals surface area contributed by atoms with E-state index in [0.29, 0.717) is 11.5 Å². The maximum Gasteiger partial charge on any atom is 0.183 e. The van der Waals surface area contributed by atoms with Crippen LogP contribution in [0.15, 0.2) is 18.2 Å². The van der Waals surface area contributed by atoms with Crippen LogP contribution in [0.1, 0.15) is 50.0 Å². The van der Waals surface area contributed by atoms with Gasteiger partial charge in [0.05, 0.1) is 13.2 Å². The molecule has 0 unspecified atom stereocenters. The van der Waals surface area contributed by atoms with Gasteiger partial charge in [-0.05, 0) is 43.2 Å². The standard InChI is InChI=1S/C18H25FO2/c1-12-3-6-14(7-4-12)16-10-20-18(21-11-16)15-8-5-13(2)17(19)9-15/h5,8-9,12,14,16,18H,3-4,6-7,10-11H2,1-2H3. The summed E-state index contributed by atoms with van der Waals surface area (Å²) in [6.45, 7) is 5.58. The zero-order valence-electron chi connectivity index (χ0n) is 13.0. The molecule has 0 spiro atoms. The topological polar surface area (TPSA) is 18.5 Å². The van der Waals surface area contributed by atoms with Gasteiger partial charge in [0.15, 0.2) is 6.29 Å². The van der Waals surface area contributed by atoms with Crippen molar-refractivity contribution in [3.63, 3.8) is 0 Å². The molecule has 1 aromatic rings. The maximum absolute atomic E-state index is 13.6. The molecule has 0 atom stereocenters. The highest BCUT2D eigenvalue weighted by atomic mass is 19.1. The molecule has 2 nitrogen and oxygen atoms in total. The average molecular weight is 292 g/mol. The van der Waals surface area contributed by atoms with Gasteiger partial charge in [0.2, 0.25) is 0 Å². The number of rotatable bonds is 2. The summed E-state index contributed by atoms with van der Waals surface area (Å²) in [7, 11) is 0. The Bertz CT molecular complexity index is 472. The van der Waals surface area contributed by atoms with Crippen molar-refractivity contribution < 1.29 is 13.9 Å². The highest BCUT2D eigenvalue weighted by molar-refractivity contribution is 5.24. The average Bonchev–Trinajstić information content (AvgIpc) is 2.51. The molecule has 2 aliphatic rings. The molecular weight excluding hydrogens is 267 g/mol. The first-order valence-corrected chi connectivity index (χ1v) is 8.12. The van der Waals surface area contributed by atoms with Gasteiger partial charge >= 0.3 is 0 Å². The molecule has 1 aliphatic heterocycles. The van der Waals surface area contributed by atoms with Crippen molar-refractivity contribution >= 4 is 0 Å². The van der Waals surface area contributed by atoms with Crippen LogP contribution < -0.4 is 0 Å². The van der Waals surface area contributed by atoms with E-state index in [1.807, 2.05) is 6.07 Å². The third kappa shape index (κ3) is 3.46. The Morgan fingerprint density at radius 2 is 1.67 bits per heavy atom. The van der Waals surface area contributed by atoms with Crippen molar-refractivity contribution in [3.05, 3.63) is 35.1 Å². The zero-order valence-corrected chi connectivity index (χ0v) is 13.0. The summed E-state index contributed by atoms with van der Waals surface area (Å²) < 4.78 is 25.4. The Morgan fingerprint density at radius 1 is 1.00 bits per heavy atom. The van der Waals surface area contributed by atoms with Crippen LogP contribution in [0, 0.1) is 30.5 Å². The van der Waals surface area contributed by atoms with Crippen molar-refractivity contribution in [1.29, 1.82) is 0 Å². The first-order valence-electron chi connectivity index (χ1n) is 8.12. The lowest BCUT2D eigenvalue weighted by atomic mass is 9.76. The summed E-state index contributed by atoms with van der Waals surface area (Å²) >= 11 is 0. The number of hydrogen-bond donors (Lipinski definition) is 0. The Balaban J connectivity index is 1.56. The summed E-state index contributed by atoms with van der Waals surface area (Å²) in [4.78, 5) is 0. The van der Waals surface area contributed by atoms with Crippen molar-refractivity contribution in [2.75, 3.05) is 13.2 Å². The Morgan fingerprint density at radius 3 is 2.29 bits per heavy atom. The lowest BCUT2D eigenvalue weighted by Crippen LogP contribution is -2.34. The Kier molecular flexibility index (Phi) is 4.60. The van der Waals surface area contributed by atoms with Gasteiger partial charge < -0.3 is 9.47 Å². The van der Waals surface area contributed by atoms with Crippen LogP contribution in [-0.2, 0) is 9.47 Å². The summed E-state index contributed by atoms with van der Waals surface area (Å²) in [5.74, 6) is 1.92. The summed E-state index contributed by atoms with van der Waals surface area (Å²) in [6, 6.07) is 5.21. The highest BCUT2D eigenvalue weighted by Crippen LogP contribution is 2.37. The fourth-order valence-electron chi connectivity index (χ4n) is 3.50. The predicted molar refractivity (Wildman–Crippen MR) is 80.4 cm³/mol. The maximum atomic E-state index is 13.6. The molecule has 1 aromatic carbocycles. The quantitative estimate of drug-likeness (QED) is 0.791. The minimum Gasteiger partial charge on any atom is -0.348 e. The van der Waals surface area contributed by atoms with E-state index in [-0.39, 0.29) is 5.82 Å². The Labute approximate surface area is 126 Å². The van der Waals surface area contributed by atoms with Crippen LogP contribution in [0.2, 0.25) is 0 Å². The summed E-state index contributed by atoms with van der Waals surface area (Å²) in [6.07, 6.45) is 4.84. The predicted octanol–water partition coefficient (Wildman–Crippen LogP) is 4.62. The molecule has 21 heavy (non-hydrogen) atoms. The van der Waals surface area contributed by atoms with Gasteiger partial charge in [0.1, 0.15) is 5.82 Å². The third-order valence-corrected chi connectivity index (χ3v) is 5.12. The molecule has 1 saturated carbocycles. The van der Waals surface area contributed by atoms with E-state index < -0.39 is 6.29 Å². The molecular formula is C18H25FO2. The van der Waals surface area contributed by atoms with E-state index in [0.717, 1.165) is 30.6 Å². The van der Waals surface area contributed by atoms with Gasteiger partial charge in [0.25, 0.3) is 0 Å².